The first-order chi connectivity index (χ1) is 49.3. The zero-order valence-electron chi connectivity index (χ0n) is 56.4. The van der Waals surface area contributed by atoms with Gasteiger partial charge in [-0.15, -0.1) is 0 Å². The zero-order valence-corrected chi connectivity index (χ0v) is 56.4. The third-order valence-electron chi connectivity index (χ3n) is 21.0. The summed E-state index contributed by atoms with van der Waals surface area (Å²) in [5, 5.41) is 15.4. The average molecular weight is 1280 g/mol. The van der Waals surface area contributed by atoms with Crippen molar-refractivity contribution in [2.24, 2.45) is 0 Å². The standard InChI is InChI=1S/C52H37N.C46H33N/c1-34-31-47-48(32-35(34)2)52(45-19-10-9-18-44(45)51(47)39-25-21-37(22-26-39)36-13-5-3-6-14-36)40-27-23-38(24-28-40)41-29-30-50-46(33-41)43-17-11-12-20-49(43)53(50)42-15-7-4-8-16-42;1-30-27-41-42(28-31(30)2)46(39-19-10-9-18-38(39)45(41)33-13-5-3-6-14-33)34-23-21-32(22-24-34)35-25-26-44-40(29-35)37-17-11-12-20-43(37)47(44)36-15-7-4-8-16-36/h3-33H,1-2H3;3-29H,1-2H3. The Labute approximate surface area is 583 Å². The van der Waals surface area contributed by atoms with E-state index >= 15 is 0 Å². The van der Waals surface area contributed by atoms with Gasteiger partial charge in [-0.25, -0.2) is 0 Å². The molecule has 0 atom stereocenters. The number of rotatable bonds is 9. The van der Waals surface area contributed by atoms with Gasteiger partial charge in [0, 0.05) is 32.9 Å². The lowest BCUT2D eigenvalue weighted by Gasteiger charge is -2.19. The van der Waals surface area contributed by atoms with E-state index in [1.807, 2.05) is 0 Å². The van der Waals surface area contributed by atoms with Crippen LogP contribution in [0, 0.1) is 27.7 Å². The highest BCUT2D eigenvalue weighted by molar-refractivity contribution is 6.23. The topological polar surface area (TPSA) is 9.86 Å². The van der Waals surface area contributed by atoms with Gasteiger partial charge in [0.2, 0.25) is 0 Å². The Morgan fingerprint density at radius 2 is 0.370 bits per heavy atom. The van der Waals surface area contributed by atoms with Crippen LogP contribution in [0.25, 0.3) is 176 Å². The third kappa shape index (κ3) is 10.3. The molecule has 2 aromatic heterocycles. The fourth-order valence-electron chi connectivity index (χ4n) is 15.9. The quantitative estimate of drug-likeness (QED) is 0.128. The molecular weight excluding hydrogens is 1210 g/mol. The smallest absolute Gasteiger partial charge is 0.0541 e. The van der Waals surface area contributed by atoms with Gasteiger partial charge >= 0.3 is 0 Å². The highest BCUT2D eigenvalue weighted by Gasteiger charge is 2.22. The van der Waals surface area contributed by atoms with Crippen molar-refractivity contribution in [1.29, 1.82) is 0 Å². The molecule has 0 bridgehead atoms. The number of nitrogens with zero attached hydrogens (tertiary/aromatic N) is 2. The summed E-state index contributed by atoms with van der Waals surface area (Å²) < 4.78 is 4.75. The minimum Gasteiger partial charge on any atom is -0.309 e. The normalized spacial score (nSPS) is 11.6. The van der Waals surface area contributed by atoms with Crippen molar-refractivity contribution in [3.8, 4) is 89.3 Å². The summed E-state index contributed by atoms with van der Waals surface area (Å²) in [6.07, 6.45) is 0. The first-order valence-electron chi connectivity index (χ1n) is 34.8. The highest BCUT2D eigenvalue weighted by Crippen LogP contribution is 2.48. The van der Waals surface area contributed by atoms with Crippen LogP contribution in [0.5, 0.6) is 0 Å². The molecule has 0 aliphatic rings. The van der Waals surface area contributed by atoms with Gasteiger partial charge in [0.15, 0.2) is 0 Å². The summed E-state index contributed by atoms with van der Waals surface area (Å²) in [4.78, 5) is 0. The minimum absolute atomic E-state index is 1.18. The summed E-state index contributed by atoms with van der Waals surface area (Å²) in [5.74, 6) is 0. The van der Waals surface area contributed by atoms with Gasteiger partial charge in [-0.1, -0.05) is 291 Å². The summed E-state index contributed by atoms with van der Waals surface area (Å²) in [7, 11) is 0. The van der Waals surface area contributed by atoms with Gasteiger partial charge < -0.3 is 9.13 Å². The molecule has 2 heterocycles. The lowest BCUT2D eigenvalue weighted by Crippen LogP contribution is -1.93. The van der Waals surface area contributed by atoms with Crippen LogP contribution in [-0.4, -0.2) is 9.13 Å². The summed E-state index contributed by atoms with van der Waals surface area (Å²) in [6.45, 7) is 8.91. The first-order valence-corrected chi connectivity index (χ1v) is 34.8. The predicted octanol–water partition coefficient (Wildman–Crippen LogP) is 27.1. The van der Waals surface area contributed by atoms with Crippen LogP contribution in [0.15, 0.2) is 352 Å². The molecule has 100 heavy (non-hydrogen) atoms. The molecule has 0 unspecified atom stereocenters. The molecule has 0 radical (unpaired) electrons. The van der Waals surface area contributed by atoms with E-state index in [9.17, 15) is 0 Å². The molecule has 472 valence electrons. The zero-order chi connectivity index (χ0) is 67.0. The van der Waals surface area contributed by atoms with Gasteiger partial charge in [0.25, 0.3) is 0 Å². The number of benzene rings is 17. The van der Waals surface area contributed by atoms with Crippen molar-refractivity contribution in [3.63, 3.8) is 0 Å². The van der Waals surface area contributed by atoms with Crippen LogP contribution < -0.4 is 0 Å². The van der Waals surface area contributed by atoms with Crippen molar-refractivity contribution in [2.45, 2.75) is 27.7 Å². The van der Waals surface area contributed by atoms with Gasteiger partial charge in [-0.05, 0) is 232 Å². The fraction of sp³-hybridized carbons (Fsp3) is 0.0408. The number of fused-ring (bicyclic) bond motifs is 10. The molecule has 0 saturated carbocycles. The maximum absolute atomic E-state index is 2.40. The lowest BCUT2D eigenvalue weighted by atomic mass is 9.84. The van der Waals surface area contributed by atoms with Crippen LogP contribution >= 0.6 is 0 Å². The van der Waals surface area contributed by atoms with Gasteiger partial charge in [0.1, 0.15) is 0 Å². The highest BCUT2D eigenvalue weighted by atomic mass is 15.0. The van der Waals surface area contributed by atoms with Gasteiger partial charge in [-0.2, -0.15) is 0 Å². The molecule has 0 aliphatic carbocycles. The van der Waals surface area contributed by atoms with Gasteiger partial charge in [-0.3, -0.25) is 0 Å². The van der Waals surface area contributed by atoms with Crippen LogP contribution in [0.2, 0.25) is 0 Å². The van der Waals surface area contributed by atoms with Crippen LogP contribution in [0.1, 0.15) is 22.3 Å². The van der Waals surface area contributed by atoms with Crippen molar-refractivity contribution in [1.82, 2.24) is 9.13 Å². The Hall–Kier alpha value is -12.6. The number of aromatic nitrogens is 2. The first kappa shape index (κ1) is 59.8. The Balaban J connectivity index is 0.000000145. The molecule has 2 heteroatoms. The summed E-state index contributed by atoms with van der Waals surface area (Å²) in [6, 6.07) is 129. The second-order valence-corrected chi connectivity index (χ2v) is 26.9. The second kappa shape index (κ2) is 24.8. The monoisotopic (exact) mass is 1270 g/mol. The Kier molecular flexibility index (Phi) is 14.8. The molecule has 2 nitrogen and oxygen atoms in total. The van der Waals surface area contributed by atoms with Crippen LogP contribution in [-0.2, 0) is 0 Å². The molecule has 0 spiro atoms. The average Bonchev–Trinajstić information content (AvgIpc) is 1.45. The number of aryl methyl sites for hydroxylation is 4. The van der Waals surface area contributed by atoms with E-state index in [1.165, 1.54) is 198 Å². The molecule has 0 amide bonds. The van der Waals surface area contributed by atoms with Crippen molar-refractivity contribution in [2.75, 3.05) is 0 Å². The van der Waals surface area contributed by atoms with Crippen LogP contribution in [0.3, 0.4) is 0 Å². The molecule has 0 saturated heterocycles. The third-order valence-corrected chi connectivity index (χ3v) is 21.0. The lowest BCUT2D eigenvalue weighted by molar-refractivity contribution is 1.18. The number of hydrogen-bond acceptors (Lipinski definition) is 0. The van der Waals surface area contributed by atoms with Gasteiger partial charge in [0.05, 0.1) is 22.1 Å². The summed E-state index contributed by atoms with van der Waals surface area (Å²) in [5.41, 5.74) is 30.0. The SMILES string of the molecule is Cc1cc2c(-c3ccc(-c4ccccc4)cc3)c3ccccc3c(-c3ccc(-c4ccc5c(c4)c4ccccc4n5-c4ccccc4)cc3)c2cc1C.Cc1cc2c(-c3ccccc3)c3ccccc3c(-c3ccc(-c4ccc5c(c4)c4ccccc4n5-c4ccccc4)cc3)c2cc1C. The van der Waals surface area contributed by atoms with E-state index in [0.29, 0.717) is 0 Å². The molecule has 0 aliphatic heterocycles. The molecule has 0 fully saturated rings. The number of hydrogen-bond donors (Lipinski definition) is 0. The molecular formula is C98H70N2. The minimum atomic E-state index is 1.18. The van der Waals surface area contributed by atoms with Crippen molar-refractivity contribution in [3.05, 3.63) is 374 Å². The fourth-order valence-corrected chi connectivity index (χ4v) is 15.9. The molecule has 0 N–H and O–H groups in total. The summed E-state index contributed by atoms with van der Waals surface area (Å²) >= 11 is 0. The van der Waals surface area contributed by atoms with Crippen molar-refractivity contribution < 1.29 is 0 Å². The second-order valence-electron chi connectivity index (χ2n) is 26.9. The van der Waals surface area contributed by atoms with Crippen molar-refractivity contribution >= 4 is 86.7 Å². The Bertz CT molecular complexity index is 6360. The maximum atomic E-state index is 2.40. The number of para-hydroxylation sites is 4. The van der Waals surface area contributed by atoms with E-state index < -0.39 is 0 Å². The molecule has 19 aromatic rings. The van der Waals surface area contributed by atoms with E-state index in [-0.39, 0.29) is 0 Å². The maximum Gasteiger partial charge on any atom is 0.0541 e. The van der Waals surface area contributed by atoms with E-state index in [0.717, 1.165) is 0 Å². The van der Waals surface area contributed by atoms with E-state index in [1.54, 1.807) is 0 Å². The van der Waals surface area contributed by atoms with E-state index in [2.05, 4.69) is 389 Å². The van der Waals surface area contributed by atoms with E-state index in [4.69, 9.17) is 0 Å². The predicted molar refractivity (Wildman–Crippen MR) is 429 cm³/mol. The Morgan fingerprint density at radius 3 is 0.700 bits per heavy atom. The van der Waals surface area contributed by atoms with Crippen LogP contribution in [0.4, 0.5) is 0 Å². The molecule has 17 aromatic carbocycles. The molecule has 19 rings (SSSR count). The largest absolute Gasteiger partial charge is 0.309 e. The Morgan fingerprint density at radius 1 is 0.150 bits per heavy atom.